The van der Waals surface area contributed by atoms with Crippen molar-refractivity contribution in [3.05, 3.63) is 118 Å². The van der Waals surface area contributed by atoms with Gasteiger partial charge < -0.3 is 23.4 Å². The van der Waals surface area contributed by atoms with Crippen LogP contribution in [0.3, 0.4) is 0 Å². The van der Waals surface area contributed by atoms with Crippen LogP contribution >= 0.6 is 0 Å². The minimum atomic E-state index is -2.95. The van der Waals surface area contributed by atoms with Crippen molar-refractivity contribution in [2.75, 3.05) is 13.2 Å². The number of aliphatic hydroxyl groups excluding tert-OH is 1. The topological polar surface area (TPSA) is 78.1 Å². The number of carbonyl (C=O) groups excluding carboxylic acids is 1. The van der Waals surface area contributed by atoms with Gasteiger partial charge in [-0.05, 0) is 39.9 Å². The van der Waals surface area contributed by atoms with Crippen molar-refractivity contribution in [1.82, 2.24) is 0 Å². The number of aliphatic hydroxyl groups is 1. The molecule has 0 amide bonds. The van der Waals surface area contributed by atoms with Crippen LogP contribution in [0.15, 0.2) is 83.5 Å². The maximum atomic E-state index is 14.3. The molecule has 8 rings (SSSR count). The summed E-state index contributed by atoms with van der Waals surface area (Å²) in [5.74, 6) is -0.601. The second kappa shape index (κ2) is 9.58. The van der Waals surface area contributed by atoms with Crippen molar-refractivity contribution in [2.45, 2.75) is 75.4 Å². The Bertz CT molecular complexity index is 1730. The molecule has 3 atom stereocenters. The van der Waals surface area contributed by atoms with E-state index in [4.69, 9.17) is 18.3 Å². The van der Waals surface area contributed by atoms with E-state index in [2.05, 4.69) is 76.2 Å². The van der Waals surface area contributed by atoms with Crippen molar-refractivity contribution in [1.29, 1.82) is 0 Å². The van der Waals surface area contributed by atoms with Crippen molar-refractivity contribution < 1.29 is 28.2 Å². The Hall–Kier alpha value is -3.33. The lowest BCUT2D eigenvalue weighted by molar-refractivity contribution is -0.163. The quantitative estimate of drug-likeness (QED) is 0.302. The van der Waals surface area contributed by atoms with Crippen LogP contribution in [0.4, 0.5) is 0 Å². The minimum absolute atomic E-state index is 0.135. The molecule has 4 aromatic rings. The number of furan rings is 1. The number of hydrogen-bond donors (Lipinski definition) is 1. The van der Waals surface area contributed by atoms with Gasteiger partial charge in [0.2, 0.25) is 5.78 Å². The molecule has 1 N–H and O–H groups in total. The number of fused-ring (bicyclic) bond motifs is 5. The van der Waals surface area contributed by atoms with Crippen molar-refractivity contribution >= 4 is 24.5 Å². The first-order chi connectivity index (χ1) is 21.1. The second-order valence-electron chi connectivity index (χ2n) is 13.9. The molecule has 1 aliphatic heterocycles. The van der Waals surface area contributed by atoms with Gasteiger partial charge in [-0.15, -0.1) is 0 Å². The molecular weight excluding hydrogens is 568 g/mol. The van der Waals surface area contributed by atoms with Crippen LogP contribution in [0.2, 0.25) is 5.04 Å². The molecule has 6 nitrogen and oxygen atoms in total. The van der Waals surface area contributed by atoms with Gasteiger partial charge >= 0.3 is 0 Å². The highest BCUT2D eigenvalue weighted by molar-refractivity contribution is 6.99. The van der Waals surface area contributed by atoms with Gasteiger partial charge in [-0.25, -0.2) is 0 Å². The molecule has 1 spiro atoms. The van der Waals surface area contributed by atoms with Gasteiger partial charge in [0.25, 0.3) is 8.32 Å². The van der Waals surface area contributed by atoms with Gasteiger partial charge in [0.15, 0.2) is 11.5 Å². The number of ketones is 1. The van der Waals surface area contributed by atoms with Crippen molar-refractivity contribution in [3.8, 4) is 0 Å². The van der Waals surface area contributed by atoms with Gasteiger partial charge in [-0.3, -0.25) is 4.79 Å². The second-order valence-corrected chi connectivity index (χ2v) is 18.2. The number of hydrogen-bond acceptors (Lipinski definition) is 6. The standard InChI is InChI=1S/C37H38O6Si/c1-35(2,3)44(23-11-7-5-8-12-23,24-13-9-6-10-14-24)43-29-21-30(38)36(4)28-16-15-27-25(17-18-37(27)41-19-20-42-37)31(28)33(39)34-32(36)26(29)22-40-34/h5-16,22,29-30,38H,17-21H2,1-4H3/t29?,30-,36+/m0/s1. The predicted molar refractivity (Wildman–Crippen MR) is 169 cm³/mol. The van der Waals surface area contributed by atoms with Gasteiger partial charge in [-0.1, -0.05) is 93.6 Å². The monoisotopic (exact) mass is 606 g/mol. The molecular formula is C37H38O6Si. The van der Waals surface area contributed by atoms with Crippen LogP contribution < -0.4 is 10.4 Å². The van der Waals surface area contributed by atoms with E-state index in [1.165, 1.54) is 10.4 Å². The number of rotatable bonds is 4. The van der Waals surface area contributed by atoms with E-state index in [-0.39, 0.29) is 10.8 Å². The highest BCUT2D eigenvalue weighted by Crippen LogP contribution is 2.57. The van der Waals surface area contributed by atoms with E-state index in [0.717, 1.165) is 27.8 Å². The summed E-state index contributed by atoms with van der Waals surface area (Å²) in [6.45, 7) is 9.88. The lowest BCUT2D eigenvalue weighted by atomic mass is 9.60. The zero-order chi connectivity index (χ0) is 30.5. The van der Waals surface area contributed by atoms with Gasteiger partial charge in [0, 0.05) is 40.5 Å². The first kappa shape index (κ1) is 28.2. The largest absolute Gasteiger partial charge is 0.460 e. The summed E-state index contributed by atoms with van der Waals surface area (Å²) in [4.78, 5) is 14.3. The summed E-state index contributed by atoms with van der Waals surface area (Å²) in [5, 5.41) is 14.3. The average molecular weight is 607 g/mol. The molecule has 1 unspecified atom stereocenters. The molecule has 1 aromatic heterocycles. The van der Waals surface area contributed by atoms with Crippen LogP contribution in [-0.4, -0.2) is 38.5 Å². The van der Waals surface area contributed by atoms with E-state index >= 15 is 0 Å². The molecule has 4 aliphatic rings. The maximum absolute atomic E-state index is 14.3. The first-order valence-electron chi connectivity index (χ1n) is 15.7. The molecule has 3 aliphatic carbocycles. The average Bonchev–Trinajstić information content (AvgIpc) is 3.77. The molecule has 7 heteroatoms. The lowest BCUT2D eigenvalue weighted by Crippen LogP contribution is -2.67. The fraction of sp³-hybridized carbons (Fsp3) is 0.378. The van der Waals surface area contributed by atoms with Gasteiger partial charge in [0.1, 0.15) is 0 Å². The van der Waals surface area contributed by atoms with Gasteiger partial charge in [0.05, 0.1) is 31.7 Å². The molecule has 3 aromatic carbocycles. The third-order valence-electron chi connectivity index (χ3n) is 10.7. The van der Waals surface area contributed by atoms with E-state index in [1.807, 2.05) is 24.3 Å². The Morgan fingerprint density at radius 2 is 1.52 bits per heavy atom. The fourth-order valence-corrected chi connectivity index (χ4v) is 13.3. The molecule has 2 heterocycles. The van der Waals surface area contributed by atoms with Crippen LogP contribution in [-0.2, 0) is 31.5 Å². The molecule has 0 radical (unpaired) electrons. The van der Waals surface area contributed by atoms with Gasteiger partial charge in [-0.2, -0.15) is 0 Å². The van der Waals surface area contributed by atoms with Crippen LogP contribution in [0.25, 0.3) is 0 Å². The van der Waals surface area contributed by atoms with E-state index in [0.29, 0.717) is 43.8 Å². The SMILES string of the molecule is CC(C)(C)[Si](OC1C[C@H](O)[C@@]2(C)c3ccc4c(c3C(=O)c3occ1c32)CCC41OCCO1)(c1ccccc1)c1ccccc1. The summed E-state index contributed by atoms with van der Waals surface area (Å²) in [6, 6.07) is 25.1. The van der Waals surface area contributed by atoms with E-state index < -0.39 is 31.7 Å². The fourth-order valence-electron chi connectivity index (χ4n) is 8.62. The minimum Gasteiger partial charge on any atom is -0.460 e. The van der Waals surface area contributed by atoms with Crippen molar-refractivity contribution in [2.24, 2.45) is 0 Å². The summed E-state index contributed by atoms with van der Waals surface area (Å²) >= 11 is 0. The van der Waals surface area contributed by atoms with Crippen LogP contribution in [0.5, 0.6) is 0 Å². The Morgan fingerprint density at radius 1 is 0.909 bits per heavy atom. The summed E-state index contributed by atoms with van der Waals surface area (Å²) in [6.07, 6.45) is 2.20. The van der Waals surface area contributed by atoms with Crippen LogP contribution in [0, 0.1) is 0 Å². The highest BCUT2D eigenvalue weighted by Gasteiger charge is 2.58. The molecule has 0 saturated carbocycles. The summed E-state index contributed by atoms with van der Waals surface area (Å²) in [7, 11) is -2.95. The van der Waals surface area contributed by atoms with E-state index in [9.17, 15) is 9.90 Å². The number of carbonyl (C=O) groups is 1. The first-order valence-corrected chi connectivity index (χ1v) is 17.6. The zero-order valence-corrected chi connectivity index (χ0v) is 26.7. The highest BCUT2D eigenvalue weighted by atomic mass is 28.4. The Kier molecular flexibility index (Phi) is 6.13. The molecule has 226 valence electrons. The normalized spacial score (nSPS) is 25.2. The van der Waals surface area contributed by atoms with Crippen LogP contribution in [0.1, 0.15) is 90.6 Å². The Morgan fingerprint density at radius 3 is 2.14 bits per heavy atom. The third-order valence-corrected chi connectivity index (χ3v) is 15.7. The maximum Gasteiger partial charge on any atom is 0.261 e. The number of ether oxygens (including phenoxy) is 2. The Labute approximate surface area is 259 Å². The third kappa shape index (κ3) is 3.59. The molecule has 0 bridgehead atoms. The summed E-state index contributed by atoms with van der Waals surface area (Å²) < 4.78 is 25.9. The number of benzene rings is 3. The Balaban J connectivity index is 1.28. The lowest BCUT2D eigenvalue weighted by Gasteiger charge is -2.49. The zero-order valence-electron chi connectivity index (χ0n) is 25.7. The molecule has 1 saturated heterocycles. The summed E-state index contributed by atoms with van der Waals surface area (Å²) in [5.41, 5.74) is 4.17. The van der Waals surface area contributed by atoms with E-state index in [1.54, 1.807) is 6.26 Å². The molecule has 44 heavy (non-hydrogen) atoms. The smallest absolute Gasteiger partial charge is 0.261 e. The predicted octanol–water partition coefficient (Wildman–Crippen LogP) is 5.66. The van der Waals surface area contributed by atoms with Crippen molar-refractivity contribution in [3.63, 3.8) is 0 Å². The molecule has 1 fully saturated rings.